The number of hydrogen-bond donors (Lipinski definition) is 2. The van der Waals surface area contributed by atoms with Crippen molar-refractivity contribution in [1.29, 1.82) is 0 Å². The van der Waals surface area contributed by atoms with E-state index in [1.807, 2.05) is 0 Å². The van der Waals surface area contributed by atoms with E-state index >= 15 is 0 Å². The first-order chi connectivity index (χ1) is 14.0. The largest absolute Gasteiger partial charge is 0.493 e. The number of ether oxygens (including phenoxy) is 2. The highest BCUT2D eigenvalue weighted by molar-refractivity contribution is 5.96. The number of nitrogens with zero attached hydrogens (tertiary/aromatic N) is 1. The molecular weight excluding hydrogens is 378 g/mol. The van der Waals surface area contributed by atoms with Gasteiger partial charge in [-0.2, -0.15) is 0 Å². The fourth-order valence-corrected chi connectivity index (χ4v) is 3.20. The van der Waals surface area contributed by atoms with Crippen LogP contribution in [0.1, 0.15) is 33.8 Å². The number of amides is 3. The molecule has 1 saturated heterocycles. The number of benzene rings is 1. The molecule has 1 atom stereocenters. The average Bonchev–Trinajstić information content (AvgIpc) is 3.31. The zero-order valence-electron chi connectivity index (χ0n) is 16.3. The van der Waals surface area contributed by atoms with Crippen LogP contribution in [0.25, 0.3) is 0 Å². The van der Waals surface area contributed by atoms with E-state index < -0.39 is 11.8 Å². The van der Waals surface area contributed by atoms with Gasteiger partial charge in [-0.1, -0.05) is 0 Å². The molecule has 3 rings (SSSR count). The molecule has 0 radical (unpaired) electrons. The standard InChI is InChI=1S/C20H23N3O6/c1-27-15-8-7-13(11-17(15)28-2)18(24)21-22-19(25)14-5-3-9-23(12-14)20(26)16-6-4-10-29-16/h4,6-8,10-11,14H,3,5,9,12H2,1-2H3,(H,21,24)(H,22,25). The highest BCUT2D eigenvalue weighted by atomic mass is 16.5. The monoisotopic (exact) mass is 401 g/mol. The number of piperidine rings is 1. The van der Waals surface area contributed by atoms with Crippen molar-refractivity contribution in [2.75, 3.05) is 27.3 Å². The number of rotatable bonds is 5. The van der Waals surface area contributed by atoms with Crippen LogP contribution in [-0.2, 0) is 4.79 Å². The zero-order chi connectivity index (χ0) is 20.8. The Morgan fingerprint density at radius 2 is 1.90 bits per heavy atom. The summed E-state index contributed by atoms with van der Waals surface area (Å²) in [7, 11) is 2.97. The Balaban J connectivity index is 1.56. The van der Waals surface area contributed by atoms with Crippen LogP contribution in [0.15, 0.2) is 41.0 Å². The minimum absolute atomic E-state index is 0.243. The summed E-state index contributed by atoms with van der Waals surface area (Å²) in [5, 5.41) is 0. The van der Waals surface area contributed by atoms with Gasteiger partial charge in [0.05, 0.1) is 26.4 Å². The molecule has 9 heteroatoms. The third kappa shape index (κ3) is 4.68. The molecule has 1 aromatic heterocycles. The number of methoxy groups -OCH3 is 2. The third-order valence-electron chi connectivity index (χ3n) is 4.76. The van der Waals surface area contributed by atoms with Gasteiger partial charge < -0.3 is 18.8 Å². The highest BCUT2D eigenvalue weighted by Gasteiger charge is 2.30. The summed E-state index contributed by atoms with van der Waals surface area (Å²) in [5.41, 5.74) is 5.15. The molecule has 2 aromatic rings. The first-order valence-corrected chi connectivity index (χ1v) is 9.18. The Morgan fingerprint density at radius 1 is 1.10 bits per heavy atom. The number of furan rings is 1. The van der Waals surface area contributed by atoms with Gasteiger partial charge in [0.25, 0.3) is 11.8 Å². The molecule has 0 aliphatic carbocycles. The molecule has 9 nitrogen and oxygen atoms in total. The molecule has 29 heavy (non-hydrogen) atoms. The molecule has 2 N–H and O–H groups in total. The second-order valence-corrected chi connectivity index (χ2v) is 6.58. The lowest BCUT2D eigenvalue weighted by Crippen LogP contribution is -2.50. The van der Waals surface area contributed by atoms with E-state index in [0.717, 1.165) is 0 Å². The normalized spacial score (nSPS) is 16.1. The fraction of sp³-hybridized carbons (Fsp3) is 0.350. The van der Waals surface area contributed by atoms with Crippen molar-refractivity contribution in [3.63, 3.8) is 0 Å². The van der Waals surface area contributed by atoms with Crippen LogP contribution in [-0.4, -0.2) is 49.9 Å². The first-order valence-electron chi connectivity index (χ1n) is 9.18. The van der Waals surface area contributed by atoms with Crippen LogP contribution in [0.2, 0.25) is 0 Å². The summed E-state index contributed by atoms with van der Waals surface area (Å²) >= 11 is 0. The Bertz CT molecular complexity index is 880. The van der Waals surface area contributed by atoms with E-state index in [9.17, 15) is 14.4 Å². The predicted molar refractivity (Wildman–Crippen MR) is 102 cm³/mol. The van der Waals surface area contributed by atoms with Crippen molar-refractivity contribution in [2.45, 2.75) is 12.8 Å². The van der Waals surface area contributed by atoms with Crippen molar-refractivity contribution < 1.29 is 28.3 Å². The van der Waals surface area contributed by atoms with Gasteiger partial charge >= 0.3 is 0 Å². The van der Waals surface area contributed by atoms with Gasteiger partial charge in [0.2, 0.25) is 5.91 Å². The fourth-order valence-electron chi connectivity index (χ4n) is 3.20. The lowest BCUT2D eigenvalue weighted by Gasteiger charge is -2.31. The minimum Gasteiger partial charge on any atom is -0.493 e. The van der Waals surface area contributed by atoms with Gasteiger partial charge in [-0.05, 0) is 43.2 Å². The SMILES string of the molecule is COc1ccc(C(=O)NNC(=O)C2CCCN(C(=O)c3ccco3)C2)cc1OC. The summed E-state index contributed by atoms with van der Waals surface area (Å²) in [5.74, 6) is -0.361. The van der Waals surface area contributed by atoms with E-state index in [1.54, 1.807) is 29.2 Å². The van der Waals surface area contributed by atoms with Crippen LogP contribution in [0, 0.1) is 5.92 Å². The summed E-state index contributed by atoms with van der Waals surface area (Å²) < 4.78 is 15.5. The molecule has 1 aliphatic rings. The smallest absolute Gasteiger partial charge is 0.289 e. The van der Waals surface area contributed by atoms with Crippen molar-refractivity contribution in [3.05, 3.63) is 47.9 Å². The third-order valence-corrected chi connectivity index (χ3v) is 4.76. The van der Waals surface area contributed by atoms with Gasteiger partial charge in [0, 0.05) is 18.7 Å². The Kier molecular flexibility index (Phi) is 6.38. The van der Waals surface area contributed by atoms with Crippen molar-refractivity contribution >= 4 is 17.7 Å². The number of nitrogens with one attached hydrogen (secondary N) is 2. The minimum atomic E-state index is -0.487. The summed E-state index contributed by atoms with van der Waals surface area (Å²) in [4.78, 5) is 38.8. The Labute approximate surface area is 167 Å². The molecule has 3 amide bonds. The topological polar surface area (TPSA) is 110 Å². The van der Waals surface area contributed by atoms with Gasteiger partial charge in [0.15, 0.2) is 17.3 Å². The Hall–Kier alpha value is -3.49. The van der Waals surface area contributed by atoms with Gasteiger partial charge in [-0.15, -0.1) is 0 Å². The van der Waals surface area contributed by atoms with Crippen LogP contribution in [0.3, 0.4) is 0 Å². The van der Waals surface area contributed by atoms with Crippen LogP contribution in [0.5, 0.6) is 11.5 Å². The number of carbonyl (C=O) groups excluding carboxylic acids is 3. The summed E-state index contributed by atoms with van der Waals surface area (Å²) in [6.45, 7) is 0.818. The maximum absolute atomic E-state index is 12.5. The molecule has 154 valence electrons. The van der Waals surface area contributed by atoms with Crippen molar-refractivity contribution in [1.82, 2.24) is 15.8 Å². The maximum Gasteiger partial charge on any atom is 0.289 e. The van der Waals surface area contributed by atoms with Gasteiger partial charge in [0.1, 0.15) is 0 Å². The first kappa shape index (κ1) is 20.2. The number of hydrogen-bond acceptors (Lipinski definition) is 6. The van der Waals surface area contributed by atoms with Crippen LogP contribution in [0.4, 0.5) is 0 Å². The second-order valence-electron chi connectivity index (χ2n) is 6.58. The second kappa shape index (κ2) is 9.13. The molecule has 1 aliphatic heterocycles. The summed E-state index contributed by atoms with van der Waals surface area (Å²) in [6.07, 6.45) is 2.75. The van der Waals surface area contributed by atoms with E-state index in [0.29, 0.717) is 36.4 Å². The van der Waals surface area contributed by atoms with E-state index in [2.05, 4.69) is 10.9 Å². The molecule has 0 spiro atoms. The van der Waals surface area contributed by atoms with Crippen molar-refractivity contribution in [2.24, 2.45) is 5.92 Å². The van der Waals surface area contributed by atoms with Gasteiger partial charge in [-0.25, -0.2) is 0 Å². The lowest BCUT2D eigenvalue weighted by atomic mass is 9.97. The van der Waals surface area contributed by atoms with Gasteiger partial charge in [-0.3, -0.25) is 25.2 Å². The number of carbonyl (C=O) groups is 3. The molecule has 2 heterocycles. The Morgan fingerprint density at radius 3 is 2.59 bits per heavy atom. The van der Waals surface area contributed by atoms with E-state index in [4.69, 9.17) is 13.9 Å². The van der Waals surface area contributed by atoms with Crippen LogP contribution >= 0.6 is 0 Å². The molecule has 1 fully saturated rings. The molecule has 0 bridgehead atoms. The van der Waals surface area contributed by atoms with Crippen molar-refractivity contribution in [3.8, 4) is 11.5 Å². The number of hydrazine groups is 1. The lowest BCUT2D eigenvalue weighted by molar-refractivity contribution is -0.127. The van der Waals surface area contributed by atoms with Crippen LogP contribution < -0.4 is 20.3 Å². The number of likely N-dealkylation sites (tertiary alicyclic amines) is 1. The highest BCUT2D eigenvalue weighted by Crippen LogP contribution is 2.27. The quantitative estimate of drug-likeness (QED) is 0.737. The molecule has 1 aromatic carbocycles. The molecule has 1 unspecified atom stereocenters. The zero-order valence-corrected chi connectivity index (χ0v) is 16.3. The van der Waals surface area contributed by atoms with E-state index in [-0.39, 0.29) is 24.1 Å². The molecule has 0 saturated carbocycles. The summed E-state index contributed by atoms with van der Waals surface area (Å²) in [6, 6.07) is 7.92. The van der Waals surface area contributed by atoms with E-state index in [1.165, 1.54) is 26.5 Å². The maximum atomic E-state index is 12.5. The predicted octanol–water partition coefficient (Wildman–Crippen LogP) is 1.61. The molecular formula is C20H23N3O6. The average molecular weight is 401 g/mol.